The first-order valence-electron chi connectivity index (χ1n) is 10.5. The maximum atomic E-state index is 13.4. The minimum Gasteiger partial charge on any atom is -0.352 e. The largest absolute Gasteiger partial charge is 0.352 e. The fourth-order valence-corrected chi connectivity index (χ4v) is 4.36. The molecular formula is C25H19Cl2FN4O. The van der Waals surface area contributed by atoms with Gasteiger partial charge in [-0.25, -0.2) is 14.4 Å². The minimum atomic E-state index is -0.317. The van der Waals surface area contributed by atoms with Gasteiger partial charge in [0.05, 0.1) is 16.1 Å². The van der Waals surface area contributed by atoms with Crippen molar-refractivity contribution in [3.8, 4) is 11.4 Å². The molecule has 2 heterocycles. The number of benzene rings is 3. The van der Waals surface area contributed by atoms with Crippen LogP contribution in [0.2, 0.25) is 10.0 Å². The molecule has 0 radical (unpaired) electrons. The molecule has 0 unspecified atom stereocenters. The fraction of sp³-hybridized carbons (Fsp3) is 0.160. The number of rotatable bonds is 3. The molecule has 1 aromatic heterocycles. The van der Waals surface area contributed by atoms with E-state index in [1.807, 2.05) is 24.3 Å². The summed E-state index contributed by atoms with van der Waals surface area (Å²) in [6.07, 6.45) is 0. The van der Waals surface area contributed by atoms with E-state index in [1.165, 1.54) is 12.1 Å². The summed E-state index contributed by atoms with van der Waals surface area (Å²) in [6, 6.07) is 18.7. The summed E-state index contributed by atoms with van der Waals surface area (Å²) in [6.45, 7) is 2.28. The van der Waals surface area contributed by atoms with Crippen molar-refractivity contribution < 1.29 is 9.18 Å². The van der Waals surface area contributed by atoms with Gasteiger partial charge in [-0.05, 0) is 54.6 Å². The number of amides is 1. The highest BCUT2D eigenvalue weighted by Crippen LogP contribution is 2.30. The number of carbonyl (C=O) groups is 1. The van der Waals surface area contributed by atoms with Crippen molar-refractivity contribution in [2.24, 2.45) is 0 Å². The molecule has 0 N–H and O–H groups in total. The van der Waals surface area contributed by atoms with E-state index in [2.05, 4.69) is 9.88 Å². The topological polar surface area (TPSA) is 49.3 Å². The molecule has 8 heteroatoms. The molecule has 0 atom stereocenters. The van der Waals surface area contributed by atoms with Gasteiger partial charge in [-0.15, -0.1) is 0 Å². The Morgan fingerprint density at radius 3 is 2.33 bits per heavy atom. The molecule has 0 bridgehead atoms. The number of piperazine rings is 1. The van der Waals surface area contributed by atoms with Gasteiger partial charge in [0.15, 0.2) is 5.82 Å². The third-order valence-corrected chi connectivity index (χ3v) is 6.28. The van der Waals surface area contributed by atoms with Gasteiger partial charge in [0.2, 0.25) is 0 Å². The highest BCUT2D eigenvalue weighted by Gasteiger charge is 2.25. The van der Waals surface area contributed by atoms with Crippen LogP contribution in [-0.4, -0.2) is 47.0 Å². The molecule has 1 saturated heterocycles. The van der Waals surface area contributed by atoms with Crippen LogP contribution in [0.4, 0.5) is 10.2 Å². The van der Waals surface area contributed by atoms with Crippen LogP contribution in [0.1, 0.15) is 10.4 Å². The van der Waals surface area contributed by atoms with E-state index in [-0.39, 0.29) is 11.7 Å². The van der Waals surface area contributed by atoms with Crippen molar-refractivity contribution in [1.29, 1.82) is 0 Å². The maximum absolute atomic E-state index is 13.4. The van der Waals surface area contributed by atoms with E-state index in [0.29, 0.717) is 58.7 Å². The number of halogens is 3. The molecule has 1 aliphatic heterocycles. The highest BCUT2D eigenvalue weighted by atomic mass is 35.5. The zero-order chi connectivity index (χ0) is 22.9. The number of fused-ring (bicyclic) bond motifs is 1. The van der Waals surface area contributed by atoms with Crippen molar-refractivity contribution >= 4 is 45.8 Å². The number of aromatic nitrogens is 2. The van der Waals surface area contributed by atoms with Crippen LogP contribution < -0.4 is 4.90 Å². The van der Waals surface area contributed by atoms with Gasteiger partial charge in [-0.3, -0.25) is 4.79 Å². The van der Waals surface area contributed by atoms with E-state index in [0.717, 1.165) is 11.2 Å². The van der Waals surface area contributed by atoms with Gasteiger partial charge in [0.1, 0.15) is 11.6 Å². The number of hydrogen-bond donors (Lipinski definition) is 0. The third-order valence-electron chi connectivity index (χ3n) is 5.71. The van der Waals surface area contributed by atoms with Crippen molar-refractivity contribution in [3.63, 3.8) is 0 Å². The normalized spacial score (nSPS) is 14.0. The van der Waals surface area contributed by atoms with Gasteiger partial charge in [0.25, 0.3) is 5.91 Å². The quantitative estimate of drug-likeness (QED) is 0.377. The first-order valence-corrected chi connectivity index (χ1v) is 11.3. The molecular weight excluding hydrogens is 462 g/mol. The lowest BCUT2D eigenvalue weighted by molar-refractivity contribution is 0.0747. The maximum Gasteiger partial charge on any atom is 0.255 e. The first kappa shape index (κ1) is 21.6. The monoisotopic (exact) mass is 480 g/mol. The minimum absolute atomic E-state index is 0.0772. The summed E-state index contributed by atoms with van der Waals surface area (Å²) in [5.41, 5.74) is 1.93. The van der Waals surface area contributed by atoms with Gasteiger partial charge < -0.3 is 9.80 Å². The summed E-state index contributed by atoms with van der Waals surface area (Å²) in [7, 11) is 0. The van der Waals surface area contributed by atoms with Crippen LogP contribution in [0.25, 0.3) is 22.3 Å². The Kier molecular flexibility index (Phi) is 5.87. The Balaban J connectivity index is 1.45. The lowest BCUT2D eigenvalue weighted by Gasteiger charge is -2.36. The molecule has 1 amide bonds. The smallest absolute Gasteiger partial charge is 0.255 e. The zero-order valence-corrected chi connectivity index (χ0v) is 19.0. The fourth-order valence-electron chi connectivity index (χ4n) is 3.98. The second-order valence-corrected chi connectivity index (χ2v) is 8.64. The van der Waals surface area contributed by atoms with E-state index >= 15 is 0 Å². The summed E-state index contributed by atoms with van der Waals surface area (Å²) in [5.74, 6) is 0.865. The lowest BCUT2D eigenvalue weighted by atomic mass is 10.1. The zero-order valence-electron chi connectivity index (χ0n) is 17.5. The van der Waals surface area contributed by atoms with Crippen LogP contribution in [0.15, 0.2) is 66.7 Å². The average Bonchev–Trinajstić information content (AvgIpc) is 2.83. The number of carbonyl (C=O) groups excluding carboxylic acids is 1. The number of hydrogen-bond acceptors (Lipinski definition) is 4. The van der Waals surface area contributed by atoms with Gasteiger partial charge in [0, 0.05) is 42.2 Å². The van der Waals surface area contributed by atoms with Crippen molar-refractivity contribution in [2.45, 2.75) is 0 Å². The SMILES string of the molecule is O=C(c1ccccc1Cl)N1CCN(c2nc(-c3ccc(F)cc3)nc3cc(Cl)ccc23)CC1. The van der Waals surface area contributed by atoms with Crippen molar-refractivity contribution in [3.05, 3.63) is 88.2 Å². The second-order valence-electron chi connectivity index (χ2n) is 7.80. The van der Waals surface area contributed by atoms with Crippen molar-refractivity contribution in [1.82, 2.24) is 14.9 Å². The molecule has 3 aromatic carbocycles. The van der Waals surface area contributed by atoms with E-state index < -0.39 is 0 Å². The Bertz CT molecular complexity index is 1340. The molecule has 5 rings (SSSR count). The summed E-state index contributed by atoms with van der Waals surface area (Å²) in [4.78, 5) is 26.4. The Hall–Kier alpha value is -3.22. The molecule has 1 fully saturated rings. The molecule has 0 aliphatic carbocycles. The average molecular weight is 481 g/mol. The van der Waals surface area contributed by atoms with Crippen molar-refractivity contribution in [2.75, 3.05) is 31.1 Å². The second kappa shape index (κ2) is 8.96. The Morgan fingerprint density at radius 2 is 1.61 bits per heavy atom. The summed E-state index contributed by atoms with van der Waals surface area (Å²) in [5, 5.41) is 1.90. The Labute approximate surface area is 200 Å². The number of nitrogens with zero attached hydrogens (tertiary/aromatic N) is 4. The van der Waals surface area contributed by atoms with Crippen LogP contribution >= 0.6 is 23.2 Å². The lowest BCUT2D eigenvalue weighted by Crippen LogP contribution is -2.49. The van der Waals surface area contributed by atoms with Crippen LogP contribution in [0.5, 0.6) is 0 Å². The van der Waals surface area contributed by atoms with E-state index in [1.54, 1.807) is 35.2 Å². The molecule has 5 nitrogen and oxygen atoms in total. The van der Waals surface area contributed by atoms with Gasteiger partial charge in [-0.2, -0.15) is 0 Å². The van der Waals surface area contributed by atoms with Crippen LogP contribution in [0.3, 0.4) is 0 Å². The van der Waals surface area contributed by atoms with Crippen LogP contribution in [0, 0.1) is 5.82 Å². The van der Waals surface area contributed by atoms with Gasteiger partial charge in [-0.1, -0.05) is 35.3 Å². The van der Waals surface area contributed by atoms with E-state index in [4.69, 9.17) is 28.2 Å². The standard InChI is InChI=1S/C25H19Cl2FN4O/c26-17-7-10-20-22(15-17)29-23(16-5-8-18(28)9-6-16)30-24(20)31-11-13-32(14-12-31)25(33)19-3-1-2-4-21(19)27/h1-10,15H,11-14H2. The molecule has 166 valence electrons. The molecule has 1 aliphatic rings. The summed E-state index contributed by atoms with van der Waals surface area (Å²) < 4.78 is 13.4. The van der Waals surface area contributed by atoms with Gasteiger partial charge >= 0.3 is 0 Å². The predicted molar refractivity (Wildman–Crippen MR) is 130 cm³/mol. The molecule has 0 saturated carbocycles. The number of anilines is 1. The highest BCUT2D eigenvalue weighted by molar-refractivity contribution is 6.33. The van der Waals surface area contributed by atoms with E-state index in [9.17, 15) is 9.18 Å². The molecule has 33 heavy (non-hydrogen) atoms. The molecule has 4 aromatic rings. The predicted octanol–water partition coefficient (Wildman–Crippen LogP) is 5.71. The van der Waals surface area contributed by atoms with Crippen LogP contribution in [-0.2, 0) is 0 Å². The third kappa shape index (κ3) is 4.36. The summed E-state index contributed by atoms with van der Waals surface area (Å²) >= 11 is 12.4. The first-order chi connectivity index (χ1) is 16.0. The molecule has 0 spiro atoms. The Morgan fingerprint density at radius 1 is 0.879 bits per heavy atom.